The molecule has 1 fully saturated rings. The van der Waals surface area contributed by atoms with Gasteiger partial charge >= 0.3 is 7.12 Å². The lowest BCUT2D eigenvalue weighted by atomic mass is 9.86. The number of hydrogen-bond donors (Lipinski definition) is 0. The highest BCUT2D eigenvalue weighted by molar-refractivity contribution is 7.14. The first-order chi connectivity index (χ1) is 9.80. The largest absolute Gasteiger partial charge is 0.515 e. The van der Waals surface area contributed by atoms with E-state index in [1.807, 2.05) is 57.3 Å². The molecule has 2 aromatic rings. The van der Waals surface area contributed by atoms with Gasteiger partial charge in [-0.2, -0.15) is 0 Å². The van der Waals surface area contributed by atoms with Crippen LogP contribution < -0.4 is 5.59 Å². The molecule has 0 N–H and O–H groups in total. The van der Waals surface area contributed by atoms with Gasteiger partial charge in [0.1, 0.15) is 5.01 Å². The molecule has 3 rings (SSSR count). The number of thiazole rings is 1. The van der Waals surface area contributed by atoms with E-state index >= 15 is 0 Å². The lowest BCUT2D eigenvalue weighted by molar-refractivity contribution is 0.00578. The van der Waals surface area contributed by atoms with Crippen molar-refractivity contribution in [2.24, 2.45) is 0 Å². The first-order valence-electron chi connectivity index (χ1n) is 6.86. The van der Waals surface area contributed by atoms with Gasteiger partial charge in [-0.05, 0) is 33.8 Å². The Bertz CT molecular complexity index is 655. The van der Waals surface area contributed by atoms with Crippen LogP contribution in [0.1, 0.15) is 27.7 Å². The summed E-state index contributed by atoms with van der Waals surface area (Å²) < 4.78 is 12.0. The molecule has 1 aliphatic rings. The fourth-order valence-electron chi connectivity index (χ4n) is 2.12. The monoisotopic (exact) mass is 321 g/mol. The highest BCUT2D eigenvalue weighted by Gasteiger charge is 2.52. The van der Waals surface area contributed by atoms with Crippen LogP contribution in [0.25, 0.3) is 10.6 Å². The summed E-state index contributed by atoms with van der Waals surface area (Å²) >= 11 is 7.77. The smallest absolute Gasteiger partial charge is 0.398 e. The summed E-state index contributed by atoms with van der Waals surface area (Å²) in [7, 11) is -0.428. The van der Waals surface area contributed by atoms with Crippen LogP contribution in [0.4, 0.5) is 0 Å². The highest BCUT2D eigenvalue weighted by atomic mass is 35.5. The third-order valence-corrected chi connectivity index (χ3v) is 5.34. The van der Waals surface area contributed by atoms with Crippen molar-refractivity contribution in [3.63, 3.8) is 0 Å². The van der Waals surface area contributed by atoms with Crippen molar-refractivity contribution in [3.05, 3.63) is 34.7 Å². The zero-order valence-electron chi connectivity index (χ0n) is 12.5. The molecular formula is C15H17BClNO2S. The Kier molecular flexibility index (Phi) is 3.65. The van der Waals surface area contributed by atoms with E-state index in [-0.39, 0.29) is 11.2 Å². The maximum absolute atomic E-state index is 6.22. The van der Waals surface area contributed by atoms with Crippen LogP contribution in [-0.4, -0.2) is 23.3 Å². The lowest BCUT2D eigenvalue weighted by Gasteiger charge is -2.32. The van der Waals surface area contributed by atoms with E-state index in [0.29, 0.717) is 5.02 Å². The molecule has 0 spiro atoms. The van der Waals surface area contributed by atoms with Crippen LogP contribution in [0.5, 0.6) is 0 Å². The van der Waals surface area contributed by atoms with Gasteiger partial charge in [0.05, 0.1) is 21.8 Å². The standard InChI is InChI=1S/C15H17BClNO2S/c1-14(2)15(3,4)20-16(19-14)12-9-21-13(18-12)10-7-5-6-8-11(10)17/h5-9H,1-4H3. The summed E-state index contributed by atoms with van der Waals surface area (Å²) in [4.78, 5) is 4.64. The van der Waals surface area contributed by atoms with Crippen LogP contribution in [0, 0.1) is 0 Å². The molecule has 110 valence electrons. The molecule has 6 heteroatoms. The summed E-state index contributed by atoms with van der Waals surface area (Å²) in [6.45, 7) is 8.14. The van der Waals surface area contributed by atoms with Crippen molar-refractivity contribution in [3.8, 4) is 10.6 Å². The second-order valence-corrected chi connectivity index (χ2v) is 7.41. The van der Waals surface area contributed by atoms with Gasteiger partial charge in [0.2, 0.25) is 0 Å². The average Bonchev–Trinajstić information content (AvgIpc) is 2.94. The van der Waals surface area contributed by atoms with Crippen molar-refractivity contribution in [2.45, 2.75) is 38.9 Å². The molecule has 1 aromatic carbocycles. The predicted molar refractivity (Wildman–Crippen MR) is 88.3 cm³/mol. The average molecular weight is 322 g/mol. The van der Waals surface area contributed by atoms with Gasteiger partial charge in [0, 0.05) is 10.9 Å². The fourth-order valence-corrected chi connectivity index (χ4v) is 3.26. The van der Waals surface area contributed by atoms with Gasteiger partial charge < -0.3 is 9.31 Å². The maximum Gasteiger partial charge on any atom is 0.515 e. The fraction of sp³-hybridized carbons (Fsp3) is 0.400. The normalized spacial score (nSPS) is 20.0. The van der Waals surface area contributed by atoms with Gasteiger partial charge in [-0.25, -0.2) is 4.98 Å². The Hall–Kier alpha value is -0.875. The van der Waals surface area contributed by atoms with Gasteiger partial charge in [-0.3, -0.25) is 0 Å². The van der Waals surface area contributed by atoms with Crippen molar-refractivity contribution in [1.82, 2.24) is 4.98 Å². The number of aromatic nitrogens is 1. The van der Waals surface area contributed by atoms with Crippen LogP contribution in [0.15, 0.2) is 29.6 Å². The molecule has 1 aliphatic heterocycles. The SMILES string of the molecule is CC1(C)OB(c2csc(-c3ccccc3Cl)n2)OC1(C)C. The molecule has 0 atom stereocenters. The Morgan fingerprint density at radius 2 is 1.71 bits per heavy atom. The summed E-state index contributed by atoms with van der Waals surface area (Å²) in [5.74, 6) is 0. The van der Waals surface area contributed by atoms with Crippen molar-refractivity contribution in [2.75, 3.05) is 0 Å². The molecule has 0 aliphatic carbocycles. The molecule has 2 heterocycles. The first kappa shape index (κ1) is 15.0. The zero-order chi connectivity index (χ0) is 15.3. The van der Waals surface area contributed by atoms with Crippen molar-refractivity contribution in [1.29, 1.82) is 0 Å². The molecule has 3 nitrogen and oxygen atoms in total. The van der Waals surface area contributed by atoms with E-state index in [1.54, 1.807) is 11.3 Å². The second-order valence-electron chi connectivity index (χ2n) is 6.15. The van der Waals surface area contributed by atoms with E-state index < -0.39 is 7.12 Å². The molecule has 21 heavy (non-hydrogen) atoms. The topological polar surface area (TPSA) is 31.4 Å². The van der Waals surface area contributed by atoms with E-state index in [9.17, 15) is 0 Å². The van der Waals surface area contributed by atoms with Crippen LogP contribution in [-0.2, 0) is 9.31 Å². The third kappa shape index (κ3) is 2.64. The zero-order valence-corrected chi connectivity index (χ0v) is 14.1. The molecule has 0 radical (unpaired) electrons. The van der Waals surface area contributed by atoms with Crippen LogP contribution in [0.2, 0.25) is 5.02 Å². The van der Waals surface area contributed by atoms with E-state index in [0.717, 1.165) is 16.2 Å². The number of benzene rings is 1. The van der Waals surface area contributed by atoms with Gasteiger partial charge in [-0.1, -0.05) is 29.8 Å². The Morgan fingerprint density at radius 3 is 2.33 bits per heavy atom. The summed E-state index contributed by atoms with van der Waals surface area (Å²) in [5.41, 5.74) is 1.03. The second kappa shape index (κ2) is 5.09. The molecule has 1 aromatic heterocycles. The summed E-state index contributed by atoms with van der Waals surface area (Å²) in [6, 6.07) is 7.70. The summed E-state index contributed by atoms with van der Waals surface area (Å²) in [5, 5.41) is 3.55. The maximum atomic E-state index is 6.22. The van der Waals surface area contributed by atoms with Gasteiger partial charge in [0.25, 0.3) is 0 Å². The van der Waals surface area contributed by atoms with Crippen LogP contribution >= 0.6 is 22.9 Å². The summed E-state index contributed by atoms with van der Waals surface area (Å²) in [6.07, 6.45) is 0. The number of hydrogen-bond acceptors (Lipinski definition) is 4. The number of halogens is 1. The predicted octanol–water partition coefficient (Wildman–Crippen LogP) is 3.76. The lowest BCUT2D eigenvalue weighted by Crippen LogP contribution is -2.41. The molecule has 0 bridgehead atoms. The van der Waals surface area contributed by atoms with E-state index in [4.69, 9.17) is 20.9 Å². The molecule has 1 saturated heterocycles. The molecule has 0 unspecified atom stereocenters. The van der Waals surface area contributed by atoms with Crippen molar-refractivity contribution >= 4 is 35.6 Å². The minimum atomic E-state index is -0.428. The minimum absolute atomic E-state index is 0.355. The van der Waals surface area contributed by atoms with E-state index in [1.165, 1.54) is 0 Å². The molecular weight excluding hydrogens is 305 g/mol. The van der Waals surface area contributed by atoms with Crippen LogP contribution in [0.3, 0.4) is 0 Å². The van der Waals surface area contributed by atoms with E-state index in [2.05, 4.69) is 4.98 Å². The van der Waals surface area contributed by atoms with Gasteiger partial charge in [0.15, 0.2) is 0 Å². The van der Waals surface area contributed by atoms with Gasteiger partial charge in [-0.15, -0.1) is 11.3 Å². The first-order valence-corrected chi connectivity index (χ1v) is 8.12. The molecule has 0 amide bonds. The highest BCUT2D eigenvalue weighted by Crippen LogP contribution is 2.37. The number of nitrogens with zero attached hydrogens (tertiary/aromatic N) is 1. The minimum Gasteiger partial charge on any atom is -0.398 e. The van der Waals surface area contributed by atoms with Crippen molar-refractivity contribution < 1.29 is 9.31 Å². The quantitative estimate of drug-likeness (QED) is 0.789. The number of rotatable bonds is 2. The Morgan fingerprint density at radius 1 is 1.10 bits per heavy atom. The molecule has 0 saturated carbocycles. The Labute approximate surface area is 134 Å². The Balaban J connectivity index is 1.89. The third-order valence-electron chi connectivity index (χ3n) is 4.12.